The maximum Gasteiger partial charge on any atom is 0.409 e. The van der Waals surface area contributed by atoms with Crippen LogP contribution in [0.15, 0.2) is 4.99 Å². The van der Waals surface area contributed by atoms with Crippen molar-refractivity contribution in [1.29, 1.82) is 0 Å². The van der Waals surface area contributed by atoms with Crippen molar-refractivity contribution in [2.75, 3.05) is 73.1 Å². The lowest BCUT2D eigenvalue weighted by Crippen LogP contribution is -2.55. The maximum atomic E-state index is 11.7. The number of aliphatic imine (C=N–C) groups is 1. The Kier molecular flexibility index (Phi) is 6.91. The van der Waals surface area contributed by atoms with Crippen LogP contribution < -0.4 is 5.32 Å². The van der Waals surface area contributed by atoms with Crippen molar-refractivity contribution in [2.45, 2.75) is 13.0 Å². The first-order chi connectivity index (χ1) is 11.1. The van der Waals surface area contributed by atoms with Crippen molar-refractivity contribution in [3.63, 3.8) is 0 Å². The van der Waals surface area contributed by atoms with E-state index in [0.717, 1.165) is 45.3 Å². The molecule has 2 fully saturated rings. The molecule has 2 aliphatic heterocycles. The zero-order chi connectivity index (χ0) is 16.7. The molecule has 23 heavy (non-hydrogen) atoms. The van der Waals surface area contributed by atoms with Crippen LogP contribution in [0.5, 0.6) is 0 Å². The van der Waals surface area contributed by atoms with E-state index in [2.05, 4.69) is 27.2 Å². The third-order valence-electron chi connectivity index (χ3n) is 4.15. The number of guanidine groups is 1. The predicted molar refractivity (Wildman–Crippen MR) is 88.8 cm³/mol. The molecule has 1 amide bonds. The Labute approximate surface area is 138 Å². The summed E-state index contributed by atoms with van der Waals surface area (Å²) in [4.78, 5) is 22.3. The van der Waals surface area contributed by atoms with Gasteiger partial charge in [0.2, 0.25) is 0 Å². The molecular weight excluding hydrogens is 298 g/mol. The molecule has 0 aromatic rings. The molecule has 0 spiro atoms. The summed E-state index contributed by atoms with van der Waals surface area (Å²) in [6, 6.07) is 0. The summed E-state index contributed by atoms with van der Waals surface area (Å²) >= 11 is 0. The molecule has 0 aliphatic carbocycles. The van der Waals surface area contributed by atoms with Crippen LogP contribution in [0.2, 0.25) is 0 Å². The molecule has 0 radical (unpaired) electrons. The topological polar surface area (TPSA) is 69.6 Å². The van der Waals surface area contributed by atoms with Crippen LogP contribution in [-0.4, -0.2) is 106 Å². The van der Waals surface area contributed by atoms with Crippen LogP contribution >= 0.6 is 0 Å². The molecule has 8 nitrogen and oxygen atoms in total. The van der Waals surface area contributed by atoms with Gasteiger partial charge in [-0.25, -0.2) is 4.79 Å². The smallest absolute Gasteiger partial charge is 0.409 e. The van der Waals surface area contributed by atoms with Crippen LogP contribution in [0.25, 0.3) is 0 Å². The van der Waals surface area contributed by atoms with Gasteiger partial charge >= 0.3 is 6.09 Å². The number of amides is 1. The van der Waals surface area contributed by atoms with Crippen molar-refractivity contribution < 1.29 is 14.3 Å². The molecule has 0 aromatic heterocycles. The number of morpholine rings is 1. The second-order valence-corrected chi connectivity index (χ2v) is 5.86. The molecule has 1 atom stereocenters. The van der Waals surface area contributed by atoms with E-state index in [1.165, 1.54) is 0 Å². The SMILES string of the molecule is CCOC(=O)N1CCN(C(=NC)NCC2CN(C)CCO2)CC1. The molecule has 1 unspecified atom stereocenters. The highest BCUT2D eigenvalue weighted by Crippen LogP contribution is 2.05. The van der Waals surface area contributed by atoms with Crippen molar-refractivity contribution >= 4 is 12.1 Å². The molecule has 2 saturated heterocycles. The van der Waals surface area contributed by atoms with Crippen LogP contribution in [-0.2, 0) is 9.47 Å². The lowest BCUT2D eigenvalue weighted by atomic mass is 10.3. The molecule has 132 valence electrons. The minimum Gasteiger partial charge on any atom is -0.450 e. The van der Waals surface area contributed by atoms with Crippen LogP contribution in [0.3, 0.4) is 0 Å². The highest BCUT2D eigenvalue weighted by Gasteiger charge is 2.24. The third kappa shape index (κ3) is 5.24. The Morgan fingerprint density at radius 1 is 1.26 bits per heavy atom. The number of rotatable bonds is 3. The van der Waals surface area contributed by atoms with Crippen LogP contribution in [0, 0.1) is 0 Å². The molecule has 0 bridgehead atoms. The Morgan fingerprint density at radius 3 is 2.57 bits per heavy atom. The average molecular weight is 327 g/mol. The molecule has 8 heteroatoms. The van der Waals surface area contributed by atoms with Gasteiger partial charge in [0.15, 0.2) is 5.96 Å². The van der Waals surface area contributed by atoms with Gasteiger partial charge < -0.3 is 29.5 Å². The summed E-state index contributed by atoms with van der Waals surface area (Å²) < 4.78 is 10.8. The number of nitrogens with one attached hydrogen (secondary N) is 1. The van der Waals surface area contributed by atoms with E-state index in [1.807, 2.05) is 6.92 Å². The van der Waals surface area contributed by atoms with Gasteiger partial charge in [-0.05, 0) is 14.0 Å². The number of nitrogens with zero attached hydrogens (tertiary/aromatic N) is 4. The fourth-order valence-corrected chi connectivity index (χ4v) is 2.84. The van der Waals surface area contributed by atoms with E-state index in [-0.39, 0.29) is 12.2 Å². The first kappa shape index (κ1) is 17.8. The fraction of sp³-hybridized carbons (Fsp3) is 0.867. The van der Waals surface area contributed by atoms with Crippen molar-refractivity contribution in [3.8, 4) is 0 Å². The summed E-state index contributed by atoms with van der Waals surface area (Å²) in [5.41, 5.74) is 0. The number of hydrogen-bond acceptors (Lipinski definition) is 5. The Hall–Kier alpha value is -1.54. The van der Waals surface area contributed by atoms with Crippen molar-refractivity contribution in [3.05, 3.63) is 0 Å². The predicted octanol–water partition coefficient (Wildman–Crippen LogP) is -0.333. The van der Waals surface area contributed by atoms with E-state index in [9.17, 15) is 4.79 Å². The highest BCUT2D eigenvalue weighted by molar-refractivity contribution is 5.80. The minimum absolute atomic E-state index is 0.186. The van der Waals surface area contributed by atoms with Gasteiger partial charge in [0, 0.05) is 52.9 Å². The van der Waals surface area contributed by atoms with E-state index in [0.29, 0.717) is 19.7 Å². The van der Waals surface area contributed by atoms with Gasteiger partial charge in [-0.15, -0.1) is 0 Å². The number of ether oxygens (including phenoxy) is 2. The number of likely N-dealkylation sites (N-methyl/N-ethyl adjacent to an activating group) is 1. The molecule has 0 saturated carbocycles. The second-order valence-electron chi connectivity index (χ2n) is 5.86. The average Bonchev–Trinajstić information content (AvgIpc) is 2.56. The molecular formula is C15H29N5O3. The summed E-state index contributed by atoms with van der Waals surface area (Å²) in [6.45, 7) is 8.50. The van der Waals surface area contributed by atoms with Gasteiger partial charge in [-0.1, -0.05) is 0 Å². The highest BCUT2D eigenvalue weighted by atomic mass is 16.6. The van der Waals surface area contributed by atoms with Crippen molar-refractivity contribution in [1.82, 2.24) is 20.0 Å². The molecule has 2 aliphatic rings. The Bertz CT molecular complexity index is 410. The molecule has 0 aromatic carbocycles. The van der Waals surface area contributed by atoms with Crippen molar-refractivity contribution in [2.24, 2.45) is 4.99 Å². The second kappa shape index (κ2) is 8.93. The van der Waals surface area contributed by atoms with Gasteiger partial charge in [0.05, 0.1) is 19.3 Å². The van der Waals surface area contributed by atoms with E-state index in [1.54, 1.807) is 11.9 Å². The standard InChI is InChI=1S/C15H29N5O3/c1-4-22-15(21)20-7-5-19(6-8-20)14(16-2)17-11-13-12-18(3)9-10-23-13/h13H,4-12H2,1-3H3,(H,16,17). The van der Waals surface area contributed by atoms with E-state index < -0.39 is 0 Å². The lowest BCUT2D eigenvalue weighted by Gasteiger charge is -2.36. The first-order valence-electron chi connectivity index (χ1n) is 8.31. The maximum absolute atomic E-state index is 11.7. The normalized spacial score (nSPS) is 23.8. The van der Waals surface area contributed by atoms with E-state index >= 15 is 0 Å². The van der Waals surface area contributed by atoms with Gasteiger partial charge in [-0.2, -0.15) is 0 Å². The summed E-state index contributed by atoms with van der Waals surface area (Å²) in [7, 11) is 3.90. The number of carbonyl (C=O) groups excluding carboxylic acids is 1. The molecule has 1 N–H and O–H groups in total. The largest absolute Gasteiger partial charge is 0.450 e. The number of hydrogen-bond donors (Lipinski definition) is 1. The lowest BCUT2D eigenvalue weighted by molar-refractivity contribution is -0.0164. The summed E-state index contributed by atoms with van der Waals surface area (Å²) in [5, 5.41) is 3.39. The Balaban J connectivity index is 1.75. The summed E-state index contributed by atoms with van der Waals surface area (Å²) in [6.07, 6.45) is -0.0416. The summed E-state index contributed by atoms with van der Waals surface area (Å²) in [5.74, 6) is 0.866. The van der Waals surface area contributed by atoms with Gasteiger partial charge in [0.25, 0.3) is 0 Å². The fourth-order valence-electron chi connectivity index (χ4n) is 2.84. The van der Waals surface area contributed by atoms with Crippen LogP contribution in [0.1, 0.15) is 6.92 Å². The Morgan fingerprint density at radius 2 is 1.96 bits per heavy atom. The molecule has 2 rings (SSSR count). The van der Waals surface area contributed by atoms with E-state index in [4.69, 9.17) is 9.47 Å². The van der Waals surface area contributed by atoms with Gasteiger partial charge in [-0.3, -0.25) is 4.99 Å². The van der Waals surface area contributed by atoms with Crippen LogP contribution in [0.4, 0.5) is 4.79 Å². The minimum atomic E-state index is -0.228. The quantitative estimate of drug-likeness (QED) is 0.565. The molecule has 2 heterocycles. The van der Waals surface area contributed by atoms with Gasteiger partial charge in [0.1, 0.15) is 0 Å². The monoisotopic (exact) mass is 327 g/mol. The first-order valence-corrected chi connectivity index (χ1v) is 8.31. The zero-order valence-electron chi connectivity index (χ0n) is 14.5. The zero-order valence-corrected chi connectivity index (χ0v) is 14.5. The number of piperazine rings is 1. The third-order valence-corrected chi connectivity index (χ3v) is 4.15. The number of carbonyl (C=O) groups is 1.